The van der Waals surface area contributed by atoms with Crippen LogP contribution in [-0.2, 0) is 34.0 Å². The maximum absolute atomic E-state index is 12.9. The average molecular weight is 461 g/mol. The number of alkyl carbamates (subject to hydrolysis) is 1. The van der Waals surface area contributed by atoms with Crippen LogP contribution >= 0.6 is 0 Å². The standard InChI is InChI=1S/C26H24FN3O4/c27-24-11-9-22(10-12-24)17-33-19-25(31)29-14-2-3-20-5-7-21(8-6-20)16-30-26(32)34-18-23-4-1-13-28-15-23/h1,4-13,15H,14,16-19H2,(H,29,31)(H,30,32). The fourth-order valence-electron chi connectivity index (χ4n) is 2.75. The Balaban J connectivity index is 1.30. The van der Waals surface area contributed by atoms with Gasteiger partial charge in [0.15, 0.2) is 0 Å². The molecule has 0 unspecified atom stereocenters. The molecule has 34 heavy (non-hydrogen) atoms. The van der Waals surface area contributed by atoms with E-state index in [1.165, 1.54) is 12.1 Å². The molecule has 0 radical (unpaired) electrons. The van der Waals surface area contributed by atoms with Crippen LogP contribution < -0.4 is 10.6 Å². The lowest BCUT2D eigenvalue weighted by Crippen LogP contribution is -2.27. The Morgan fingerprint density at radius 3 is 2.41 bits per heavy atom. The summed E-state index contributed by atoms with van der Waals surface area (Å²) in [7, 11) is 0. The Bertz CT molecular complexity index is 1120. The molecule has 0 atom stereocenters. The predicted molar refractivity (Wildman–Crippen MR) is 124 cm³/mol. The second-order valence-corrected chi connectivity index (χ2v) is 7.19. The molecule has 0 aliphatic heterocycles. The fourth-order valence-corrected chi connectivity index (χ4v) is 2.75. The molecular formula is C26H24FN3O4. The van der Waals surface area contributed by atoms with Crippen LogP contribution in [0.4, 0.5) is 9.18 Å². The molecule has 7 nitrogen and oxygen atoms in total. The van der Waals surface area contributed by atoms with Crippen LogP contribution in [0.15, 0.2) is 73.1 Å². The van der Waals surface area contributed by atoms with Crippen molar-refractivity contribution in [3.63, 3.8) is 0 Å². The lowest BCUT2D eigenvalue weighted by Gasteiger charge is -2.07. The number of amides is 2. The molecule has 2 amide bonds. The molecule has 3 rings (SSSR count). The molecule has 0 saturated heterocycles. The van der Waals surface area contributed by atoms with E-state index in [2.05, 4.69) is 27.5 Å². The molecule has 0 bridgehead atoms. The molecule has 0 saturated carbocycles. The zero-order valence-electron chi connectivity index (χ0n) is 18.4. The second kappa shape index (κ2) is 13.4. The van der Waals surface area contributed by atoms with E-state index >= 15 is 0 Å². The summed E-state index contributed by atoms with van der Waals surface area (Å²) in [6, 6.07) is 16.9. The number of ether oxygens (including phenoxy) is 2. The molecular weight excluding hydrogens is 437 g/mol. The van der Waals surface area contributed by atoms with Crippen molar-refractivity contribution in [3.05, 3.63) is 101 Å². The minimum Gasteiger partial charge on any atom is -0.445 e. The van der Waals surface area contributed by atoms with Gasteiger partial charge in [0.25, 0.3) is 0 Å². The third-order valence-corrected chi connectivity index (χ3v) is 4.51. The lowest BCUT2D eigenvalue weighted by atomic mass is 10.1. The van der Waals surface area contributed by atoms with Gasteiger partial charge in [0.2, 0.25) is 5.91 Å². The first kappa shape index (κ1) is 24.4. The molecule has 1 heterocycles. The van der Waals surface area contributed by atoms with Gasteiger partial charge in [-0.05, 0) is 41.5 Å². The van der Waals surface area contributed by atoms with Crippen molar-refractivity contribution in [3.8, 4) is 11.8 Å². The Morgan fingerprint density at radius 1 is 0.912 bits per heavy atom. The van der Waals surface area contributed by atoms with Crippen LogP contribution in [0.3, 0.4) is 0 Å². The number of pyridine rings is 1. The van der Waals surface area contributed by atoms with Crippen molar-refractivity contribution < 1.29 is 23.5 Å². The molecule has 3 aromatic rings. The number of hydrogen-bond acceptors (Lipinski definition) is 5. The van der Waals surface area contributed by atoms with Gasteiger partial charge < -0.3 is 20.1 Å². The smallest absolute Gasteiger partial charge is 0.407 e. The van der Waals surface area contributed by atoms with Crippen molar-refractivity contribution >= 4 is 12.0 Å². The van der Waals surface area contributed by atoms with Crippen LogP contribution in [0.25, 0.3) is 0 Å². The summed E-state index contributed by atoms with van der Waals surface area (Å²) >= 11 is 0. The van der Waals surface area contributed by atoms with Crippen LogP contribution in [0.1, 0.15) is 22.3 Å². The number of carbonyl (C=O) groups excluding carboxylic acids is 2. The number of benzene rings is 2. The highest BCUT2D eigenvalue weighted by Gasteiger charge is 2.03. The largest absolute Gasteiger partial charge is 0.445 e. The molecule has 0 aliphatic rings. The third-order valence-electron chi connectivity index (χ3n) is 4.51. The summed E-state index contributed by atoms with van der Waals surface area (Å²) in [6.07, 6.45) is 2.79. The number of nitrogens with zero attached hydrogens (tertiary/aromatic N) is 1. The maximum atomic E-state index is 12.9. The molecule has 0 spiro atoms. The number of aromatic nitrogens is 1. The second-order valence-electron chi connectivity index (χ2n) is 7.19. The van der Waals surface area contributed by atoms with Gasteiger partial charge in [0.1, 0.15) is 19.0 Å². The number of carbonyl (C=O) groups is 2. The summed E-state index contributed by atoms with van der Waals surface area (Å²) in [5, 5.41) is 5.34. The first-order chi connectivity index (χ1) is 16.6. The van der Waals surface area contributed by atoms with E-state index in [4.69, 9.17) is 9.47 Å². The van der Waals surface area contributed by atoms with Gasteiger partial charge >= 0.3 is 6.09 Å². The summed E-state index contributed by atoms with van der Waals surface area (Å²) in [6.45, 7) is 0.789. The Labute approximate surface area is 197 Å². The van der Waals surface area contributed by atoms with Crippen molar-refractivity contribution in [2.24, 2.45) is 0 Å². The van der Waals surface area contributed by atoms with Crippen LogP contribution in [0.5, 0.6) is 0 Å². The first-order valence-corrected chi connectivity index (χ1v) is 10.5. The first-order valence-electron chi connectivity index (χ1n) is 10.5. The summed E-state index contributed by atoms with van der Waals surface area (Å²) in [4.78, 5) is 27.6. The average Bonchev–Trinajstić information content (AvgIpc) is 2.86. The van der Waals surface area contributed by atoms with Gasteiger partial charge in [0, 0.05) is 30.1 Å². The molecule has 8 heteroatoms. The SMILES string of the molecule is O=C(COCc1ccc(F)cc1)NCC#Cc1ccc(CNC(=O)OCc2cccnc2)cc1. The third kappa shape index (κ3) is 9.10. The van der Waals surface area contributed by atoms with E-state index in [-0.39, 0.29) is 38.1 Å². The Hall–Kier alpha value is -4.22. The van der Waals surface area contributed by atoms with Gasteiger partial charge in [-0.2, -0.15) is 0 Å². The van der Waals surface area contributed by atoms with Gasteiger partial charge in [-0.15, -0.1) is 0 Å². The highest BCUT2D eigenvalue weighted by Crippen LogP contribution is 2.05. The quantitative estimate of drug-likeness (QED) is 0.477. The number of hydrogen-bond donors (Lipinski definition) is 2. The normalized spacial score (nSPS) is 10.0. The number of halogens is 1. The Morgan fingerprint density at radius 2 is 1.68 bits per heavy atom. The Kier molecular flexibility index (Phi) is 9.59. The van der Waals surface area contributed by atoms with Gasteiger partial charge in [-0.25, -0.2) is 9.18 Å². The fraction of sp³-hybridized carbons (Fsp3) is 0.192. The summed E-state index contributed by atoms with van der Waals surface area (Å²) in [5.41, 5.74) is 3.28. The van der Waals surface area contributed by atoms with E-state index in [0.29, 0.717) is 6.54 Å². The molecule has 1 aromatic heterocycles. The van der Waals surface area contributed by atoms with Crippen molar-refractivity contribution in [1.82, 2.24) is 15.6 Å². The van der Waals surface area contributed by atoms with Crippen molar-refractivity contribution in [1.29, 1.82) is 0 Å². The van der Waals surface area contributed by atoms with Gasteiger partial charge in [0.05, 0.1) is 13.2 Å². The zero-order valence-corrected chi connectivity index (χ0v) is 18.4. The molecule has 2 aromatic carbocycles. The number of rotatable bonds is 9. The monoisotopic (exact) mass is 461 g/mol. The molecule has 174 valence electrons. The zero-order chi connectivity index (χ0) is 24.0. The summed E-state index contributed by atoms with van der Waals surface area (Å²) < 4.78 is 23.3. The summed E-state index contributed by atoms with van der Waals surface area (Å²) in [5.74, 6) is 5.23. The molecule has 0 aliphatic carbocycles. The lowest BCUT2D eigenvalue weighted by molar-refractivity contribution is -0.125. The topological polar surface area (TPSA) is 89.6 Å². The molecule has 2 N–H and O–H groups in total. The van der Waals surface area contributed by atoms with E-state index < -0.39 is 6.09 Å². The minimum atomic E-state index is -0.509. The maximum Gasteiger partial charge on any atom is 0.407 e. The minimum absolute atomic E-state index is 0.106. The van der Waals surface area contributed by atoms with Crippen molar-refractivity contribution in [2.45, 2.75) is 19.8 Å². The van der Waals surface area contributed by atoms with Crippen LogP contribution in [0.2, 0.25) is 0 Å². The highest BCUT2D eigenvalue weighted by atomic mass is 19.1. The van der Waals surface area contributed by atoms with E-state index in [9.17, 15) is 14.0 Å². The predicted octanol–water partition coefficient (Wildman–Crippen LogP) is 3.33. The van der Waals surface area contributed by atoms with Crippen molar-refractivity contribution in [2.75, 3.05) is 13.2 Å². The van der Waals surface area contributed by atoms with Crippen LogP contribution in [-0.4, -0.2) is 30.1 Å². The molecule has 0 fully saturated rings. The van der Waals surface area contributed by atoms with Crippen LogP contribution in [0, 0.1) is 17.7 Å². The van der Waals surface area contributed by atoms with Gasteiger partial charge in [-0.1, -0.05) is 42.2 Å². The van der Waals surface area contributed by atoms with E-state index in [1.54, 1.807) is 30.6 Å². The number of nitrogens with one attached hydrogen (secondary N) is 2. The van der Waals surface area contributed by atoms with E-state index in [1.807, 2.05) is 30.3 Å². The highest BCUT2D eigenvalue weighted by molar-refractivity contribution is 5.77. The van der Waals surface area contributed by atoms with Gasteiger partial charge in [-0.3, -0.25) is 9.78 Å². The van der Waals surface area contributed by atoms with E-state index in [0.717, 1.165) is 22.3 Å².